The van der Waals surface area contributed by atoms with Gasteiger partial charge < -0.3 is 15.2 Å². The second-order valence-electron chi connectivity index (χ2n) is 5.44. The molecule has 1 amide bonds. The zero-order valence-corrected chi connectivity index (χ0v) is 14.1. The van der Waals surface area contributed by atoms with Crippen LogP contribution >= 0.6 is 31.9 Å². The van der Waals surface area contributed by atoms with E-state index >= 15 is 0 Å². The van der Waals surface area contributed by atoms with Gasteiger partial charge in [0.05, 0.1) is 5.92 Å². The Balaban J connectivity index is 1.80. The van der Waals surface area contributed by atoms with E-state index in [0.717, 1.165) is 15.4 Å². The number of benzene rings is 1. The second-order valence-corrected chi connectivity index (χ2v) is 7.15. The van der Waals surface area contributed by atoms with Crippen molar-refractivity contribution in [2.75, 3.05) is 5.32 Å². The van der Waals surface area contributed by atoms with Crippen LogP contribution in [-0.2, 0) is 9.59 Å². The summed E-state index contributed by atoms with van der Waals surface area (Å²) >= 11 is 6.74. The van der Waals surface area contributed by atoms with Crippen LogP contribution in [0.3, 0.4) is 0 Å². The van der Waals surface area contributed by atoms with Gasteiger partial charge in [0.1, 0.15) is 0 Å². The van der Waals surface area contributed by atoms with E-state index in [2.05, 4.69) is 37.2 Å². The normalized spacial score (nSPS) is 29.6. The minimum Gasteiger partial charge on any atom is -0.550 e. The van der Waals surface area contributed by atoms with Crippen LogP contribution in [0.2, 0.25) is 0 Å². The second kappa shape index (κ2) is 5.57. The number of nitrogens with one attached hydrogen (secondary N) is 1. The number of anilines is 1. The molecular formula is C15H12Br2NO3-. The largest absolute Gasteiger partial charge is 0.550 e. The number of carbonyl (C=O) groups is 2. The molecule has 21 heavy (non-hydrogen) atoms. The lowest BCUT2D eigenvalue weighted by Gasteiger charge is -2.27. The Labute approximate surface area is 138 Å². The molecule has 2 bridgehead atoms. The van der Waals surface area contributed by atoms with Gasteiger partial charge in [-0.05, 0) is 68.3 Å². The Morgan fingerprint density at radius 2 is 1.76 bits per heavy atom. The van der Waals surface area contributed by atoms with Crippen molar-refractivity contribution in [3.05, 3.63) is 39.3 Å². The number of amides is 1. The molecule has 0 spiro atoms. The Kier molecular flexibility index (Phi) is 3.92. The zero-order valence-electron chi connectivity index (χ0n) is 10.9. The van der Waals surface area contributed by atoms with Crippen LogP contribution < -0.4 is 10.4 Å². The molecule has 0 aliphatic heterocycles. The Morgan fingerprint density at radius 1 is 1.10 bits per heavy atom. The van der Waals surface area contributed by atoms with Gasteiger partial charge >= 0.3 is 0 Å². The first-order valence-electron chi connectivity index (χ1n) is 6.62. The standard InChI is InChI=1S/C15H13Br2NO3/c16-10-4-3-9(6-11(10)17)18-14(19)12-7-1-2-8(5-7)13(12)15(20)21/h1-4,6-8,12-13H,5H2,(H,18,19)(H,20,21)/p-1/t7-,8+,12-,13+/m1/s1. The molecule has 0 radical (unpaired) electrons. The molecule has 110 valence electrons. The van der Waals surface area contributed by atoms with E-state index in [0.29, 0.717) is 5.69 Å². The average Bonchev–Trinajstić information content (AvgIpc) is 3.03. The van der Waals surface area contributed by atoms with Gasteiger partial charge in [0, 0.05) is 26.5 Å². The number of halogens is 2. The summed E-state index contributed by atoms with van der Waals surface area (Å²) in [7, 11) is 0. The predicted molar refractivity (Wildman–Crippen MR) is 83.2 cm³/mol. The molecule has 1 aromatic carbocycles. The van der Waals surface area contributed by atoms with Gasteiger partial charge in [-0.3, -0.25) is 4.79 Å². The smallest absolute Gasteiger partial charge is 0.228 e. The van der Waals surface area contributed by atoms with Crippen LogP contribution in [0.25, 0.3) is 0 Å². The molecule has 0 saturated heterocycles. The maximum atomic E-state index is 12.5. The summed E-state index contributed by atoms with van der Waals surface area (Å²) < 4.78 is 1.71. The molecular weight excluding hydrogens is 402 g/mol. The molecule has 0 heterocycles. The topological polar surface area (TPSA) is 69.2 Å². The third kappa shape index (κ3) is 2.66. The molecule has 2 aliphatic carbocycles. The lowest BCUT2D eigenvalue weighted by molar-refractivity contribution is -0.313. The molecule has 3 rings (SSSR count). The van der Waals surface area contributed by atoms with Crippen molar-refractivity contribution in [1.29, 1.82) is 0 Å². The minimum absolute atomic E-state index is 0.00297. The molecule has 0 aromatic heterocycles. The number of carboxylic acids is 1. The molecule has 1 aromatic rings. The Bertz CT molecular complexity index is 644. The highest BCUT2D eigenvalue weighted by Gasteiger charge is 2.48. The first-order chi connectivity index (χ1) is 9.97. The van der Waals surface area contributed by atoms with Gasteiger partial charge in [-0.2, -0.15) is 0 Å². The van der Waals surface area contributed by atoms with Gasteiger partial charge in [0.15, 0.2) is 0 Å². The number of rotatable bonds is 3. The molecule has 0 unspecified atom stereocenters. The van der Waals surface area contributed by atoms with Gasteiger partial charge in [-0.25, -0.2) is 0 Å². The maximum absolute atomic E-state index is 12.5. The van der Waals surface area contributed by atoms with E-state index in [1.165, 1.54) is 0 Å². The summed E-state index contributed by atoms with van der Waals surface area (Å²) in [5, 5.41) is 14.1. The number of carbonyl (C=O) groups excluding carboxylic acids is 2. The fraction of sp³-hybridized carbons (Fsp3) is 0.333. The first-order valence-corrected chi connectivity index (χ1v) is 8.21. The monoisotopic (exact) mass is 412 g/mol. The van der Waals surface area contributed by atoms with Crippen molar-refractivity contribution in [2.45, 2.75) is 6.42 Å². The van der Waals surface area contributed by atoms with Crippen molar-refractivity contribution < 1.29 is 14.7 Å². The highest BCUT2D eigenvalue weighted by atomic mass is 79.9. The maximum Gasteiger partial charge on any atom is 0.228 e. The van der Waals surface area contributed by atoms with Crippen LogP contribution in [0, 0.1) is 23.7 Å². The van der Waals surface area contributed by atoms with Gasteiger partial charge in [0.2, 0.25) is 5.91 Å². The fourth-order valence-electron chi connectivity index (χ4n) is 3.30. The predicted octanol–water partition coefficient (Wildman–Crippen LogP) is 2.34. The van der Waals surface area contributed by atoms with E-state index in [1.807, 2.05) is 18.2 Å². The van der Waals surface area contributed by atoms with Gasteiger partial charge in [-0.1, -0.05) is 12.2 Å². The van der Waals surface area contributed by atoms with Crippen molar-refractivity contribution in [2.24, 2.45) is 23.7 Å². The van der Waals surface area contributed by atoms with E-state index in [1.54, 1.807) is 12.1 Å². The van der Waals surface area contributed by atoms with Crippen molar-refractivity contribution >= 4 is 49.4 Å². The molecule has 2 aliphatic rings. The molecule has 1 fully saturated rings. The first kappa shape index (κ1) is 14.8. The molecule has 4 atom stereocenters. The summed E-state index contributed by atoms with van der Waals surface area (Å²) in [4.78, 5) is 23.8. The number of aliphatic carboxylic acids is 1. The lowest BCUT2D eigenvalue weighted by Crippen LogP contribution is -2.42. The third-order valence-electron chi connectivity index (χ3n) is 4.22. The van der Waals surface area contributed by atoms with Gasteiger partial charge in [-0.15, -0.1) is 0 Å². The van der Waals surface area contributed by atoms with Crippen LogP contribution in [0.5, 0.6) is 0 Å². The number of hydrogen-bond acceptors (Lipinski definition) is 3. The molecule has 1 N–H and O–H groups in total. The van der Waals surface area contributed by atoms with Crippen molar-refractivity contribution in [1.82, 2.24) is 0 Å². The van der Waals surface area contributed by atoms with E-state index in [9.17, 15) is 14.7 Å². The number of fused-ring (bicyclic) bond motifs is 2. The van der Waals surface area contributed by atoms with E-state index < -0.39 is 17.8 Å². The van der Waals surface area contributed by atoms with E-state index in [-0.39, 0.29) is 17.7 Å². The average molecular weight is 414 g/mol. The number of allylic oxidation sites excluding steroid dienone is 2. The van der Waals surface area contributed by atoms with Crippen molar-refractivity contribution in [3.8, 4) is 0 Å². The highest BCUT2D eigenvalue weighted by molar-refractivity contribution is 9.13. The third-order valence-corrected chi connectivity index (χ3v) is 6.10. The Morgan fingerprint density at radius 3 is 2.38 bits per heavy atom. The summed E-state index contributed by atoms with van der Waals surface area (Å²) in [6.07, 6.45) is 4.57. The lowest BCUT2D eigenvalue weighted by atomic mass is 9.82. The fourth-order valence-corrected chi connectivity index (χ4v) is 3.93. The molecule has 1 saturated carbocycles. The molecule has 4 nitrogen and oxygen atoms in total. The Hall–Kier alpha value is -1.14. The summed E-state index contributed by atoms with van der Waals surface area (Å²) in [6, 6.07) is 5.36. The van der Waals surface area contributed by atoms with Crippen LogP contribution in [-0.4, -0.2) is 11.9 Å². The zero-order chi connectivity index (χ0) is 15.1. The van der Waals surface area contributed by atoms with Crippen LogP contribution in [0.4, 0.5) is 5.69 Å². The number of hydrogen-bond donors (Lipinski definition) is 1. The molecule has 6 heteroatoms. The van der Waals surface area contributed by atoms with Crippen LogP contribution in [0.1, 0.15) is 6.42 Å². The summed E-state index contributed by atoms with van der Waals surface area (Å²) in [5.74, 6) is -2.74. The van der Waals surface area contributed by atoms with Gasteiger partial charge in [0.25, 0.3) is 0 Å². The van der Waals surface area contributed by atoms with Crippen LogP contribution in [0.15, 0.2) is 39.3 Å². The van der Waals surface area contributed by atoms with E-state index in [4.69, 9.17) is 0 Å². The van der Waals surface area contributed by atoms with Crippen molar-refractivity contribution in [3.63, 3.8) is 0 Å². The summed E-state index contributed by atoms with van der Waals surface area (Å²) in [6.45, 7) is 0. The summed E-state index contributed by atoms with van der Waals surface area (Å²) in [5.41, 5.74) is 0.638. The quantitative estimate of drug-likeness (QED) is 0.773. The minimum atomic E-state index is -1.14. The SMILES string of the molecule is O=C([O-])[C@@H]1[C@H](C(=O)Nc2ccc(Br)c(Br)c2)[C@@H]2C=C[C@H]1C2. The highest BCUT2D eigenvalue weighted by Crippen LogP contribution is 2.48. The number of carboxylic acid groups (broad SMARTS) is 1.